The Balaban J connectivity index is 2.01. The summed E-state index contributed by atoms with van der Waals surface area (Å²) >= 11 is 6.22. The highest BCUT2D eigenvalue weighted by Gasteiger charge is 2.36. The summed E-state index contributed by atoms with van der Waals surface area (Å²) < 4.78 is 66.9. The molecule has 1 aromatic heterocycles. The number of aromatic nitrogens is 2. The summed E-state index contributed by atoms with van der Waals surface area (Å²) in [5.41, 5.74) is 0.530. The first-order valence-corrected chi connectivity index (χ1v) is 11.6. The summed E-state index contributed by atoms with van der Waals surface area (Å²) in [4.78, 5) is 3.62. The van der Waals surface area contributed by atoms with Gasteiger partial charge in [-0.2, -0.15) is 13.2 Å². The molecule has 0 N–H and O–H groups in total. The third kappa shape index (κ3) is 4.28. The Hall–Kier alpha value is -3.10. The van der Waals surface area contributed by atoms with Gasteiger partial charge >= 0.3 is 6.18 Å². The molecule has 3 aromatic carbocycles. The molecule has 0 fully saturated rings. The molecule has 0 saturated heterocycles. The number of sulfone groups is 1. The summed E-state index contributed by atoms with van der Waals surface area (Å²) in [6, 6.07) is 20.0. The van der Waals surface area contributed by atoms with Gasteiger partial charge in [0.2, 0.25) is 0 Å². The highest BCUT2D eigenvalue weighted by atomic mass is 35.5. The number of halogens is 4. The van der Waals surface area contributed by atoms with Crippen molar-refractivity contribution >= 4 is 21.4 Å². The van der Waals surface area contributed by atoms with E-state index >= 15 is 0 Å². The molecular formula is C23H16ClF3N2O2S. The van der Waals surface area contributed by atoms with Crippen molar-refractivity contribution < 1.29 is 21.6 Å². The molecule has 0 bridgehead atoms. The van der Waals surface area contributed by atoms with E-state index in [0.29, 0.717) is 5.56 Å². The largest absolute Gasteiger partial charge is 0.434 e. The minimum atomic E-state index is -4.73. The van der Waals surface area contributed by atoms with Crippen LogP contribution < -0.4 is 0 Å². The van der Waals surface area contributed by atoms with Crippen LogP contribution in [0.1, 0.15) is 5.69 Å². The summed E-state index contributed by atoms with van der Waals surface area (Å²) in [6.45, 7) is 0. The monoisotopic (exact) mass is 476 g/mol. The lowest BCUT2D eigenvalue weighted by atomic mass is 10.1. The second-order valence-corrected chi connectivity index (χ2v) is 9.51. The first-order valence-electron chi connectivity index (χ1n) is 9.37. The molecule has 0 atom stereocenters. The molecule has 0 aliphatic carbocycles. The number of nitrogens with zero attached hydrogens (tertiary/aromatic N) is 2. The Morgan fingerprint density at radius 3 is 2.19 bits per heavy atom. The normalized spacial score (nSPS) is 12.2. The Morgan fingerprint density at radius 1 is 0.906 bits per heavy atom. The van der Waals surface area contributed by atoms with Gasteiger partial charge in [-0.25, -0.2) is 13.4 Å². The van der Waals surface area contributed by atoms with Crippen molar-refractivity contribution in [2.45, 2.75) is 11.1 Å². The van der Waals surface area contributed by atoms with Gasteiger partial charge in [0.25, 0.3) is 0 Å². The molecular weight excluding hydrogens is 461 g/mol. The van der Waals surface area contributed by atoms with Crippen molar-refractivity contribution in [3.05, 3.63) is 89.7 Å². The van der Waals surface area contributed by atoms with E-state index < -0.39 is 21.7 Å². The van der Waals surface area contributed by atoms with Gasteiger partial charge in [-0.15, -0.1) is 0 Å². The number of imidazole rings is 1. The fourth-order valence-corrected chi connectivity index (χ4v) is 4.46. The van der Waals surface area contributed by atoms with Crippen LogP contribution in [0.15, 0.2) is 83.9 Å². The molecule has 0 saturated carbocycles. The fraction of sp³-hybridized carbons (Fsp3) is 0.0870. The average molecular weight is 477 g/mol. The SMILES string of the molecule is CS(=O)(=O)c1cc(-c2ccccc2)ccc1-n1cc(C(F)(F)F)nc1-c1ccccc1Cl. The molecule has 1 heterocycles. The van der Waals surface area contributed by atoms with Crippen LogP contribution >= 0.6 is 11.6 Å². The lowest BCUT2D eigenvalue weighted by Crippen LogP contribution is -2.07. The summed E-state index contributed by atoms with van der Waals surface area (Å²) in [5.74, 6) is -0.111. The fourth-order valence-electron chi connectivity index (χ4n) is 3.35. The van der Waals surface area contributed by atoms with Gasteiger partial charge < -0.3 is 0 Å². The Bertz CT molecular complexity index is 1400. The Morgan fingerprint density at radius 2 is 1.56 bits per heavy atom. The molecule has 0 amide bonds. The molecule has 32 heavy (non-hydrogen) atoms. The third-order valence-electron chi connectivity index (χ3n) is 4.84. The molecule has 0 radical (unpaired) electrons. The minimum Gasteiger partial charge on any atom is -0.298 e. The van der Waals surface area contributed by atoms with Crippen molar-refractivity contribution in [3.8, 4) is 28.2 Å². The van der Waals surface area contributed by atoms with E-state index in [1.807, 2.05) is 30.3 Å². The Labute approximate surface area is 187 Å². The van der Waals surface area contributed by atoms with Crippen molar-refractivity contribution in [3.63, 3.8) is 0 Å². The van der Waals surface area contributed by atoms with Crippen molar-refractivity contribution in [2.75, 3.05) is 6.26 Å². The Kier molecular flexibility index (Phi) is 5.60. The number of alkyl halides is 3. The lowest BCUT2D eigenvalue weighted by Gasteiger charge is -2.14. The highest BCUT2D eigenvalue weighted by Crippen LogP contribution is 2.37. The van der Waals surface area contributed by atoms with E-state index in [2.05, 4.69) is 4.98 Å². The van der Waals surface area contributed by atoms with E-state index in [4.69, 9.17) is 11.6 Å². The van der Waals surface area contributed by atoms with Crippen LogP contribution in [0.25, 0.3) is 28.2 Å². The van der Waals surface area contributed by atoms with Crippen molar-refractivity contribution in [1.29, 1.82) is 0 Å². The van der Waals surface area contributed by atoms with E-state index in [-0.39, 0.29) is 27.0 Å². The quantitative estimate of drug-likeness (QED) is 0.348. The first kappa shape index (κ1) is 22.1. The number of hydrogen-bond acceptors (Lipinski definition) is 3. The molecule has 0 aliphatic rings. The second-order valence-electron chi connectivity index (χ2n) is 7.12. The average Bonchev–Trinajstić information content (AvgIpc) is 3.19. The maximum atomic E-state index is 13.5. The van der Waals surface area contributed by atoms with Gasteiger partial charge in [-0.1, -0.05) is 60.1 Å². The van der Waals surface area contributed by atoms with Gasteiger partial charge in [0.1, 0.15) is 5.82 Å². The zero-order chi connectivity index (χ0) is 23.1. The zero-order valence-corrected chi connectivity index (χ0v) is 18.2. The van der Waals surface area contributed by atoms with Gasteiger partial charge in [-0.05, 0) is 35.4 Å². The third-order valence-corrected chi connectivity index (χ3v) is 6.29. The van der Waals surface area contributed by atoms with E-state index in [9.17, 15) is 21.6 Å². The van der Waals surface area contributed by atoms with Crippen LogP contribution in [0.5, 0.6) is 0 Å². The molecule has 0 aliphatic heterocycles. The molecule has 4 rings (SSSR count). The molecule has 4 nitrogen and oxygen atoms in total. The van der Waals surface area contributed by atoms with Crippen LogP contribution in [0, 0.1) is 0 Å². The van der Waals surface area contributed by atoms with Crippen molar-refractivity contribution in [1.82, 2.24) is 9.55 Å². The summed E-state index contributed by atoms with van der Waals surface area (Å²) in [7, 11) is -3.81. The maximum absolute atomic E-state index is 13.5. The highest BCUT2D eigenvalue weighted by molar-refractivity contribution is 7.90. The van der Waals surface area contributed by atoms with Crippen LogP contribution in [0.2, 0.25) is 5.02 Å². The smallest absolute Gasteiger partial charge is 0.298 e. The van der Waals surface area contributed by atoms with Gasteiger partial charge in [0.15, 0.2) is 15.5 Å². The van der Waals surface area contributed by atoms with E-state index in [1.165, 1.54) is 24.3 Å². The van der Waals surface area contributed by atoms with E-state index in [0.717, 1.165) is 22.6 Å². The lowest BCUT2D eigenvalue weighted by molar-refractivity contribution is -0.140. The summed E-state index contributed by atoms with van der Waals surface area (Å²) in [5, 5.41) is 0.190. The number of benzene rings is 3. The minimum absolute atomic E-state index is 0.0464. The standard InChI is InChI=1S/C23H16ClF3N2O2S/c1-32(30,31)20-13-16(15-7-3-2-4-8-15)11-12-19(20)29-14-21(23(25,26)27)28-22(29)17-9-5-6-10-18(17)24/h2-14H,1H3. The van der Waals surface area contributed by atoms with Gasteiger partial charge in [0.05, 0.1) is 15.6 Å². The van der Waals surface area contributed by atoms with Crippen molar-refractivity contribution in [2.24, 2.45) is 0 Å². The van der Waals surface area contributed by atoms with Crippen LogP contribution in [-0.2, 0) is 16.0 Å². The first-order chi connectivity index (χ1) is 15.1. The zero-order valence-electron chi connectivity index (χ0n) is 16.6. The van der Waals surface area contributed by atoms with E-state index in [1.54, 1.807) is 18.2 Å². The molecule has 0 spiro atoms. The van der Waals surface area contributed by atoms with Crippen LogP contribution in [0.3, 0.4) is 0 Å². The summed E-state index contributed by atoms with van der Waals surface area (Å²) in [6.07, 6.45) is -2.93. The predicted molar refractivity (Wildman–Crippen MR) is 118 cm³/mol. The molecule has 164 valence electrons. The number of rotatable bonds is 4. The van der Waals surface area contributed by atoms with Crippen LogP contribution in [-0.4, -0.2) is 24.2 Å². The van der Waals surface area contributed by atoms with Gasteiger partial charge in [-0.3, -0.25) is 4.57 Å². The maximum Gasteiger partial charge on any atom is 0.434 e. The second kappa shape index (κ2) is 8.11. The topological polar surface area (TPSA) is 52.0 Å². The number of hydrogen-bond donors (Lipinski definition) is 0. The predicted octanol–water partition coefficient (Wildman–Crippen LogP) is 6.28. The molecule has 4 aromatic rings. The van der Waals surface area contributed by atoms with Gasteiger partial charge in [0, 0.05) is 18.0 Å². The molecule has 9 heteroatoms. The van der Waals surface area contributed by atoms with Crippen LogP contribution in [0.4, 0.5) is 13.2 Å². The molecule has 0 unspecified atom stereocenters.